The standard InChI is InChI=1S/C15H25NO4/c17-13(11-5-6-12(9-11)14(18)19)16-10-15(20)7-3-1-2-4-8-15/h11-12,20H,1-10H2,(H,16,17)(H,18,19). The first kappa shape index (κ1) is 15.3. The maximum atomic E-state index is 12.1. The quantitative estimate of drug-likeness (QED) is 0.685. The average Bonchev–Trinajstić information content (AvgIpc) is 2.81. The third-order valence-corrected chi connectivity index (χ3v) is 4.78. The molecular weight excluding hydrogens is 258 g/mol. The normalized spacial score (nSPS) is 29.6. The van der Waals surface area contributed by atoms with Crippen LogP contribution in [0.2, 0.25) is 0 Å². The van der Waals surface area contributed by atoms with E-state index in [0.29, 0.717) is 25.8 Å². The number of aliphatic hydroxyl groups is 1. The molecule has 2 fully saturated rings. The molecule has 5 heteroatoms. The highest BCUT2D eigenvalue weighted by Gasteiger charge is 2.35. The lowest BCUT2D eigenvalue weighted by atomic mass is 9.94. The monoisotopic (exact) mass is 283 g/mol. The van der Waals surface area contributed by atoms with E-state index in [1.165, 1.54) is 0 Å². The van der Waals surface area contributed by atoms with Crippen molar-refractivity contribution in [2.45, 2.75) is 63.4 Å². The number of rotatable bonds is 4. The Hall–Kier alpha value is -1.10. The van der Waals surface area contributed by atoms with Gasteiger partial charge in [0.15, 0.2) is 0 Å². The zero-order chi connectivity index (χ0) is 14.6. The van der Waals surface area contributed by atoms with Crippen LogP contribution in [0.4, 0.5) is 0 Å². The van der Waals surface area contributed by atoms with Crippen molar-refractivity contribution >= 4 is 11.9 Å². The van der Waals surface area contributed by atoms with E-state index in [9.17, 15) is 14.7 Å². The Morgan fingerprint density at radius 2 is 1.65 bits per heavy atom. The number of nitrogens with one attached hydrogen (secondary N) is 1. The molecule has 1 amide bonds. The molecule has 20 heavy (non-hydrogen) atoms. The molecule has 0 bridgehead atoms. The summed E-state index contributed by atoms with van der Waals surface area (Å²) in [6.45, 7) is 0.306. The minimum absolute atomic E-state index is 0.0913. The lowest BCUT2D eigenvalue weighted by Crippen LogP contribution is -2.44. The van der Waals surface area contributed by atoms with Crippen LogP contribution in [-0.4, -0.2) is 34.2 Å². The minimum atomic E-state index is -0.803. The molecule has 0 aromatic heterocycles. The number of aliphatic carboxylic acids is 1. The van der Waals surface area contributed by atoms with Crippen molar-refractivity contribution in [2.24, 2.45) is 11.8 Å². The van der Waals surface area contributed by atoms with Gasteiger partial charge in [-0.25, -0.2) is 0 Å². The first-order valence-corrected chi connectivity index (χ1v) is 7.73. The third-order valence-electron chi connectivity index (χ3n) is 4.78. The van der Waals surface area contributed by atoms with Crippen LogP contribution in [0, 0.1) is 11.8 Å². The summed E-state index contributed by atoms with van der Waals surface area (Å²) in [4.78, 5) is 23.0. The highest BCUT2D eigenvalue weighted by atomic mass is 16.4. The summed E-state index contributed by atoms with van der Waals surface area (Å²) in [6, 6.07) is 0. The third kappa shape index (κ3) is 3.95. The van der Waals surface area contributed by atoms with Gasteiger partial charge in [0.25, 0.3) is 0 Å². The van der Waals surface area contributed by atoms with Crippen molar-refractivity contribution in [1.82, 2.24) is 5.32 Å². The second-order valence-electron chi connectivity index (χ2n) is 6.40. The second-order valence-corrected chi connectivity index (χ2v) is 6.40. The fourth-order valence-corrected chi connectivity index (χ4v) is 3.40. The van der Waals surface area contributed by atoms with Gasteiger partial charge in [-0.2, -0.15) is 0 Å². The first-order valence-electron chi connectivity index (χ1n) is 7.73. The predicted molar refractivity (Wildman–Crippen MR) is 74.1 cm³/mol. The summed E-state index contributed by atoms with van der Waals surface area (Å²) in [5, 5.41) is 22.3. The Balaban J connectivity index is 1.78. The van der Waals surface area contributed by atoms with Gasteiger partial charge in [0, 0.05) is 12.5 Å². The molecular formula is C15H25NO4. The maximum Gasteiger partial charge on any atom is 0.306 e. The molecule has 0 aromatic rings. The zero-order valence-electron chi connectivity index (χ0n) is 11.9. The van der Waals surface area contributed by atoms with Gasteiger partial charge in [0.2, 0.25) is 5.91 Å². The van der Waals surface area contributed by atoms with Crippen molar-refractivity contribution in [2.75, 3.05) is 6.54 Å². The van der Waals surface area contributed by atoms with E-state index in [4.69, 9.17) is 5.11 Å². The van der Waals surface area contributed by atoms with Crippen LogP contribution in [0.3, 0.4) is 0 Å². The van der Waals surface area contributed by atoms with Gasteiger partial charge >= 0.3 is 5.97 Å². The SMILES string of the molecule is O=C(O)C1CCC(C(=O)NCC2(O)CCCCCC2)C1. The molecule has 0 aliphatic heterocycles. The summed E-state index contributed by atoms with van der Waals surface area (Å²) in [6.07, 6.45) is 7.47. The van der Waals surface area contributed by atoms with Crippen molar-refractivity contribution < 1.29 is 19.8 Å². The van der Waals surface area contributed by atoms with Gasteiger partial charge in [0.05, 0.1) is 11.5 Å². The van der Waals surface area contributed by atoms with Crippen LogP contribution in [0.15, 0.2) is 0 Å². The van der Waals surface area contributed by atoms with Crippen molar-refractivity contribution in [3.63, 3.8) is 0 Å². The molecule has 2 rings (SSSR count). The Kier molecular flexibility index (Phi) is 5.02. The fourth-order valence-electron chi connectivity index (χ4n) is 3.40. The van der Waals surface area contributed by atoms with E-state index in [2.05, 4.69) is 5.32 Å². The topological polar surface area (TPSA) is 86.6 Å². The summed E-state index contributed by atoms with van der Waals surface area (Å²) < 4.78 is 0. The number of carboxylic acid groups (broad SMARTS) is 1. The smallest absolute Gasteiger partial charge is 0.306 e. The van der Waals surface area contributed by atoms with Gasteiger partial charge in [-0.05, 0) is 32.1 Å². The van der Waals surface area contributed by atoms with Crippen LogP contribution in [0.25, 0.3) is 0 Å². The van der Waals surface area contributed by atoms with Crippen LogP contribution < -0.4 is 5.32 Å². The Morgan fingerprint density at radius 1 is 1.05 bits per heavy atom. The molecule has 114 valence electrons. The molecule has 2 atom stereocenters. The molecule has 2 aliphatic rings. The Bertz CT molecular complexity index is 361. The maximum absolute atomic E-state index is 12.1. The fraction of sp³-hybridized carbons (Fsp3) is 0.867. The molecule has 3 N–H and O–H groups in total. The summed E-state index contributed by atoms with van der Waals surface area (Å²) in [5.41, 5.74) is -0.767. The predicted octanol–water partition coefficient (Wildman–Crippen LogP) is 1.69. The summed E-state index contributed by atoms with van der Waals surface area (Å²) >= 11 is 0. The molecule has 0 spiro atoms. The van der Waals surface area contributed by atoms with E-state index in [1.54, 1.807) is 0 Å². The van der Waals surface area contributed by atoms with E-state index in [1.807, 2.05) is 0 Å². The average molecular weight is 283 g/mol. The second kappa shape index (κ2) is 6.57. The Morgan fingerprint density at radius 3 is 2.20 bits per heavy atom. The number of carboxylic acids is 1. The Labute approximate surface area is 119 Å². The molecule has 2 unspecified atom stereocenters. The van der Waals surface area contributed by atoms with Gasteiger partial charge < -0.3 is 15.5 Å². The minimum Gasteiger partial charge on any atom is -0.481 e. The summed E-state index contributed by atoms with van der Waals surface area (Å²) in [7, 11) is 0. The van der Waals surface area contributed by atoms with Gasteiger partial charge in [0.1, 0.15) is 0 Å². The molecule has 0 saturated heterocycles. The number of amides is 1. The largest absolute Gasteiger partial charge is 0.481 e. The number of hydrogen-bond acceptors (Lipinski definition) is 3. The molecule has 0 aromatic carbocycles. The first-order chi connectivity index (χ1) is 9.50. The van der Waals surface area contributed by atoms with Crippen molar-refractivity contribution in [1.29, 1.82) is 0 Å². The van der Waals surface area contributed by atoms with Gasteiger partial charge in [-0.1, -0.05) is 25.7 Å². The van der Waals surface area contributed by atoms with Crippen LogP contribution >= 0.6 is 0 Å². The lowest BCUT2D eigenvalue weighted by molar-refractivity contribution is -0.141. The zero-order valence-corrected chi connectivity index (χ0v) is 11.9. The highest BCUT2D eigenvalue weighted by molar-refractivity contribution is 5.80. The van der Waals surface area contributed by atoms with Crippen molar-refractivity contribution in [3.8, 4) is 0 Å². The van der Waals surface area contributed by atoms with Crippen molar-refractivity contribution in [3.05, 3.63) is 0 Å². The van der Waals surface area contributed by atoms with Gasteiger partial charge in [-0.3, -0.25) is 9.59 Å². The highest BCUT2D eigenvalue weighted by Crippen LogP contribution is 2.31. The van der Waals surface area contributed by atoms with Crippen LogP contribution in [-0.2, 0) is 9.59 Å². The van der Waals surface area contributed by atoms with Gasteiger partial charge in [-0.15, -0.1) is 0 Å². The molecule has 2 saturated carbocycles. The number of carbonyl (C=O) groups excluding carboxylic acids is 1. The van der Waals surface area contributed by atoms with E-state index >= 15 is 0 Å². The van der Waals surface area contributed by atoms with E-state index in [-0.39, 0.29) is 17.7 Å². The molecule has 2 aliphatic carbocycles. The van der Waals surface area contributed by atoms with Crippen LogP contribution in [0.1, 0.15) is 57.8 Å². The van der Waals surface area contributed by atoms with E-state index in [0.717, 1.165) is 38.5 Å². The van der Waals surface area contributed by atoms with Crippen LogP contribution in [0.5, 0.6) is 0 Å². The lowest BCUT2D eigenvalue weighted by Gasteiger charge is -2.27. The van der Waals surface area contributed by atoms with E-state index < -0.39 is 11.6 Å². The molecule has 5 nitrogen and oxygen atoms in total. The number of hydrogen-bond donors (Lipinski definition) is 3. The molecule has 0 radical (unpaired) electrons. The summed E-state index contributed by atoms with van der Waals surface area (Å²) in [5.74, 6) is -1.48. The molecule has 0 heterocycles. The number of carbonyl (C=O) groups is 2.